The van der Waals surface area contributed by atoms with E-state index in [0.29, 0.717) is 0 Å². The second-order valence-corrected chi connectivity index (χ2v) is 4.79. The third-order valence-electron chi connectivity index (χ3n) is 3.50. The molecule has 3 nitrogen and oxygen atoms in total. The first-order valence-electron chi connectivity index (χ1n) is 6.65. The van der Waals surface area contributed by atoms with Gasteiger partial charge in [0.25, 0.3) is 0 Å². The normalized spacial score (nSPS) is 17.8. The van der Waals surface area contributed by atoms with Gasteiger partial charge in [0.1, 0.15) is 11.6 Å². The van der Waals surface area contributed by atoms with Gasteiger partial charge in [-0.2, -0.15) is 0 Å². The first-order chi connectivity index (χ1) is 8.72. The van der Waals surface area contributed by atoms with Crippen molar-refractivity contribution < 1.29 is 9.50 Å². The Morgan fingerprint density at radius 3 is 2.68 bits per heavy atom. The fraction of sp³-hybridized carbons (Fsp3) is 0.571. The highest BCUT2D eigenvalue weighted by Gasteiger charge is 2.23. The van der Waals surface area contributed by atoms with Crippen molar-refractivity contribution in [2.75, 3.05) is 26.2 Å². The lowest BCUT2D eigenvalue weighted by Crippen LogP contribution is -2.45. The van der Waals surface area contributed by atoms with Crippen LogP contribution < -0.4 is 5.32 Å². The van der Waals surface area contributed by atoms with Gasteiger partial charge in [0.2, 0.25) is 0 Å². The molecule has 1 heterocycles. The van der Waals surface area contributed by atoms with E-state index in [-0.39, 0.29) is 30.0 Å². The van der Waals surface area contributed by atoms with Gasteiger partial charge in [0.15, 0.2) is 0 Å². The van der Waals surface area contributed by atoms with Gasteiger partial charge in [-0.3, -0.25) is 4.90 Å². The van der Waals surface area contributed by atoms with E-state index in [0.717, 1.165) is 44.6 Å². The Morgan fingerprint density at radius 2 is 2.05 bits per heavy atom. The Balaban J connectivity index is 0.00000180. The van der Waals surface area contributed by atoms with Gasteiger partial charge >= 0.3 is 0 Å². The van der Waals surface area contributed by atoms with E-state index in [1.807, 2.05) is 0 Å². The Labute approximate surface area is 120 Å². The summed E-state index contributed by atoms with van der Waals surface area (Å²) >= 11 is 0. The number of phenols is 1. The van der Waals surface area contributed by atoms with Crippen LogP contribution in [0.5, 0.6) is 5.75 Å². The number of phenolic OH excluding ortho intramolecular Hbond substituents is 1. The second kappa shape index (κ2) is 7.68. The van der Waals surface area contributed by atoms with E-state index in [2.05, 4.69) is 17.1 Å². The SMILES string of the molecule is CCC[C@H](c1cc(F)ccc1O)N1CCNCC1.Cl. The quantitative estimate of drug-likeness (QED) is 0.894. The largest absolute Gasteiger partial charge is 0.508 e. The highest BCUT2D eigenvalue weighted by Crippen LogP contribution is 2.32. The molecule has 0 radical (unpaired) electrons. The molecule has 1 aromatic rings. The molecule has 0 aliphatic carbocycles. The number of aromatic hydroxyl groups is 1. The highest BCUT2D eigenvalue weighted by atomic mass is 35.5. The monoisotopic (exact) mass is 288 g/mol. The molecule has 0 amide bonds. The van der Waals surface area contributed by atoms with Crippen LogP contribution in [0.2, 0.25) is 0 Å². The molecule has 0 bridgehead atoms. The van der Waals surface area contributed by atoms with E-state index in [4.69, 9.17) is 0 Å². The summed E-state index contributed by atoms with van der Waals surface area (Å²) in [4.78, 5) is 2.33. The highest BCUT2D eigenvalue weighted by molar-refractivity contribution is 5.85. The fourth-order valence-electron chi connectivity index (χ4n) is 2.59. The molecule has 0 aromatic heterocycles. The summed E-state index contributed by atoms with van der Waals surface area (Å²) in [7, 11) is 0. The average Bonchev–Trinajstić information content (AvgIpc) is 2.40. The molecule has 0 spiro atoms. The molecular weight excluding hydrogens is 267 g/mol. The van der Waals surface area contributed by atoms with Crippen molar-refractivity contribution in [2.45, 2.75) is 25.8 Å². The zero-order valence-corrected chi connectivity index (χ0v) is 12.0. The maximum atomic E-state index is 13.4. The third kappa shape index (κ3) is 4.06. The molecule has 1 aliphatic rings. The Kier molecular flexibility index (Phi) is 6.55. The predicted molar refractivity (Wildman–Crippen MR) is 77.4 cm³/mol. The topological polar surface area (TPSA) is 35.5 Å². The number of benzene rings is 1. The van der Waals surface area contributed by atoms with Gasteiger partial charge < -0.3 is 10.4 Å². The van der Waals surface area contributed by atoms with E-state index in [9.17, 15) is 9.50 Å². The fourth-order valence-corrected chi connectivity index (χ4v) is 2.59. The standard InChI is InChI=1S/C14H21FN2O.ClH/c1-2-3-13(17-8-6-16-7-9-17)12-10-11(15)4-5-14(12)18;/h4-5,10,13,16,18H,2-3,6-9H2,1H3;1H/t13-;/m1./s1. The van der Waals surface area contributed by atoms with Crippen molar-refractivity contribution in [2.24, 2.45) is 0 Å². The number of halogens is 2. The van der Waals surface area contributed by atoms with Crippen molar-refractivity contribution in [3.05, 3.63) is 29.6 Å². The summed E-state index contributed by atoms with van der Waals surface area (Å²) in [6, 6.07) is 4.35. The van der Waals surface area contributed by atoms with E-state index in [1.54, 1.807) is 0 Å². The van der Waals surface area contributed by atoms with Crippen molar-refractivity contribution in [3.63, 3.8) is 0 Å². The predicted octanol–water partition coefficient (Wildman–Crippen LogP) is 2.70. The third-order valence-corrected chi connectivity index (χ3v) is 3.50. The molecule has 0 saturated carbocycles. The van der Waals surface area contributed by atoms with Crippen LogP contribution in [0.4, 0.5) is 4.39 Å². The number of nitrogens with one attached hydrogen (secondary N) is 1. The molecule has 5 heteroatoms. The van der Waals surface area contributed by atoms with Crippen LogP contribution in [0, 0.1) is 5.82 Å². The molecule has 1 aliphatic heterocycles. The first kappa shape index (κ1) is 16.2. The summed E-state index contributed by atoms with van der Waals surface area (Å²) in [6.45, 7) is 5.92. The maximum absolute atomic E-state index is 13.4. The molecule has 1 fully saturated rings. The molecule has 108 valence electrons. The number of hydrogen-bond donors (Lipinski definition) is 2. The van der Waals surface area contributed by atoms with Gasteiger partial charge in [0, 0.05) is 37.8 Å². The number of nitrogens with zero attached hydrogens (tertiary/aromatic N) is 1. The second-order valence-electron chi connectivity index (χ2n) is 4.79. The number of rotatable bonds is 4. The summed E-state index contributed by atoms with van der Waals surface area (Å²) < 4.78 is 13.4. The minimum absolute atomic E-state index is 0. The van der Waals surface area contributed by atoms with Crippen LogP contribution in [-0.2, 0) is 0 Å². The molecule has 1 atom stereocenters. The molecule has 2 rings (SSSR count). The maximum Gasteiger partial charge on any atom is 0.123 e. The van der Waals surface area contributed by atoms with E-state index in [1.165, 1.54) is 18.2 Å². The molecule has 19 heavy (non-hydrogen) atoms. The van der Waals surface area contributed by atoms with Crippen LogP contribution in [0.3, 0.4) is 0 Å². The van der Waals surface area contributed by atoms with Gasteiger partial charge in [-0.1, -0.05) is 13.3 Å². The first-order valence-corrected chi connectivity index (χ1v) is 6.65. The smallest absolute Gasteiger partial charge is 0.123 e. The minimum atomic E-state index is -0.279. The van der Waals surface area contributed by atoms with E-state index < -0.39 is 0 Å². The van der Waals surface area contributed by atoms with E-state index >= 15 is 0 Å². The molecule has 0 unspecified atom stereocenters. The molecule has 2 N–H and O–H groups in total. The van der Waals surface area contributed by atoms with Crippen LogP contribution in [0.15, 0.2) is 18.2 Å². The van der Waals surface area contributed by atoms with Crippen LogP contribution in [-0.4, -0.2) is 36.2 Å². The summed E-state index contributed by atoms with van der Waals surface area (Å²) in [5.41, 5.74) is 0.721. The molecule has 1 saturated heterocycles. The summed E-state index contributed by atoms with van der Waals surface area (Å²) in [6.07, 6.45) is 1.96. The van der Waals surface area contributed by atoms with Crippen molar-refractivity contribution >= 4 is 12.4 Å². The van der Waals surface area contributed by atoms with Gasteiger partial charge in [-0.25, -0.2) is 4.39 Å². The zero-order chi connectivity index (χ0) is 13.0. The molecular formula is C14H22ClFN2O. The molecule has 1 aromatic carbocycles. The Hall–Kier alpha value is -0.840. The van der Waals surface area contributed by atoms with Crippen LogP contribution in [0.1, 0.15) is 31.4 Å². The lowest BCUT2D eigenvalue weighted by Gasteiger charge is -2.35. The Morgan fingerprint density at radius 1 is 1.37 bits per heavy atom. The minimum Gasteiger partial charge on any atom is -0.508 e. The van der Waals surface area contributed by atoms with Gasteiger partial charge in [-0.05, 0) is 24.6 Å². The lowest BCUT2D eigenvalue weighted by molar-refractivity contribution is 0.162. The average molecular weight is 289 g/mol. The van der Waals surface area contributed by atoms with Crippen molar-refractivity contribution in [3.8, 4) is 5.75 Å². The van der Waals surface area contributed by atoms with Crippen LogP contribution >= 0.6 is 12.4 Å². The van der Waals surface area contributed by atoms with Gasteiger partial charge in [0.05, 0.1) is 0 Å². The number of piperazine rings is 1. The summed E-state index contributed by atoms with van der Waals surface area (Å²) in [5.74, 6) is -0.0765. The summed E-state index contributed by atoms with van der Waals surface area (Å²) in [5, 5.41) is 13.3. The van der Waals surface area contributed by atoms with Crippen molar-refractivity contribution in [1.82, 2.24) is 10.2 Å². The van der Waals surface area contributed by atoms with Crippen LogP contribution in [0.25, 0.3) is 0 Å². The Bertz CT molecular complexity index is 397. The van der Waals surface area contributed by atoms with Crippen molar-refractivity contribution in [1.29, 1.82) is 0 Å². The number of hydrogen-bond acceptors (Lipinski definition) is 3. The van der Waals surface area contributed by atoms with Gasteiger partial charge in [-0.15, -0.1) is 12.4 Å². The zero-order valence-electron chi connectivity index (χ0n) is 11.2. The lowest BCUT2D eigenvalue weighted by atomic mass is 9.98.